The van der Waals surface area contributed by atoms with Gasteiger partial charge in [-0.15, -0.1) is 0 Å². The molecular formula is C18H32O3. The molecule has 0 bridgehead atoms. The lowest BCUT2D eigenvalue weighted by atomic mass is 9.88. The molecule has 21 heavy (non-hydrogen) atoms. The van der Waals surface area contributed by atoms with Crippen LogP contribution in [0.5, 0.6) is 0 Å². The van der Waals surface area contributed by atoms with Crippen molar-refractivity contribution in [2.75, 3.05) is 13.2 Å². The average Bonchev–Trinajstić information content (AvgIpc) is 2.45. The van der Waals surface area contributed by atoms with E-state index >= 15 is 0 Å². The summed E-state index contributed by atoms with van der Waals surface area (Å²) >= 11 is 0. The lowest BCUT2D eigenvalue weighted by Crippen LogP contribution is -2.47. The van der Waals surface area contributed by atoms with Gasteiger partial charge in [0.15, 0.2) is 5.79 Å². The molecule has 0 aliphatic carbocycles. The zero-order chi connectivity index (χ0) is 15.9. The molecule has 0 aromatic heterocycles. The van der Waals surface area contributed by atoms with Gasteiger partial charge in [-0.1, -0.05) is 44.6 Å². The minimum Gasteiger partial charge on any atom is -0.396 e. The van der Waals surface area contributed by atoms with Crippen LogP contribution >= 0.6 is 0 Å². The monoisotopic (exact) mass is 296 g/mol. The van der Waals surface area contributed by atoms with Crippen molar-refractivity contribution in [3.05, 3.63) is 24.3 Å². The summed E-state index contributed by atoms with van der Waals surface area (Å²) in [6.45, 7) is 13.4. The molecule has 0 amide bonds. The van der Waals surface area contributed by atoms with Crippen LogP contribution in [0.2, 0.25) is 0 Å². The Morgan fingerprint density at radius 2 is 2.19 bits per heavy atom. The molecule has 0 aromatic carbocycles. The largest absolute Gasteiger partial charge is 0.396 e. The molecule has 1 aliphatic heterocycles. The minimum atomic E-state index is -0.483. The van der Waals surface area contributed by atoms with Gasteiger partial charge in [0, 0.05) is 12.5 Å². The molecule has 1 fully saturated rings. The van der Waals surface area contributed by atoms with Crippen LogP contribution in [0.4, 0.5) is 0 Å². The first-order valence-electron chi connectivity index (χ1n) is 8.15. The number of hydrogen-bond donors (Lipinski definition) is 1. The maximum absolute atomic E-state index is 8.82. The number of aliphatic hydroxyl groups excluding tert-OH is 1. The molecule has 0 unspecified atom stereocenters. The van der Waals surface area contributed by atoms with Crippen LogP contribution < -0.4 is 0 Å². The highest BCUT2D eigenvalue weighted by Gasteiger charge is 2.37. The predicted molar refractivity (Wildman–Crippen MR) is 87.1 cm³/mol. The van der Waals surface area contributed by atoms with Gasteiger partial charge in [0.2, 0.25) is 0 Å². The van der Waals surface area contributed by atoms with Gasteiger partial charge in [0.1, 0.15) is 0 Å². The van der Waals surface area contributed by atoms with Crippen molar-refractivity contribution < 1.29 is 14.6 Å². The molecule has 0 saturated carbocycles. The SMILES string of the molecule is C=C(C/C=C/[C@H]1COC(C)(C)O[C@@H]1[C@@H](C)CC)CCCO. The van der Waals surface area contributed by atoms with E-state index in [2.05, 4.69) is 32.6 Å². The van der Waals surface area contributed by atoms with Gasteiger partial charge >= 0.3 is 0 Å². The summed E-state index contributed by atoms with van der Waals surface area (Å²) in [6.07, 6.45) is 8.26. The van der Waals surface area contributed by atoms with E-state index in [9.17, 15) is 0 Å². The summed E-state index contributed by atoms with van der Waals surface area (Å²) in [6, 6.07) is 0. The number of aliphatic hydroxyl groups is 1. The molecule has 3 atom stereocenters. The highest BCUT2D eigenvalue weighted by Crippen LogP contribution is 2.32. The Kier molecular flexibility index (Phi) is 7.64. The summed E-state index contributed by atoms with van der Waals surface area (Å²) in [5, 5.41) is 8.82. The summed E-state index contributed by atoms with van der Waals surface area (Å²) in [5.41, 5.74) is 1.17. The third-order valence-corrected chi connectivity index (χ3v) is 4.15. The third kappa shape index (κ3) is 6.33. The van der Waals surface area contributed by atoms with Crippen LogP contribution in [0.3, 0.4) is 0 Å². The fourth-order valence-electron chi connectivity index (χ4n) is 2.62. The van der Waals surface area contributed by atoms with E-state index in [4.69, 9.17) is 14.6 Å². The highest BCUT2D eigenvalue weighted by atomic mass is 16.7. The molecule has 1 rings (SSSR count). The highest BCUT2D eigenvalue weighted by molar-refractivity contribution is 5.05. The average molecular weight is 296 g/mol. The van der Waals surface area contributed by atoms with E-state index in [0.717, 1.165) is 25.7 Å². The molecule has 0 radical (unpaired) electrons. The second-order valence-corrected chi connectivity index (χ2v) is 6.55. The quantitative estimate of drug-likeness (QED) is 0.686. The third-order valence-electron chi connectivity index (χ3n) is 4.15. The summed E-state index contributed by atoms with van der Waals surface area (Å²) < 4.78 is 11.9. The second-order valence-electron chi connectivity index (χ2n) is 6.55. The van der Waals surface area contributed by atoms with Gasteiger partial charge in [-0.05, 0) is 39.0 Å². The molecule has 0 spiro atoms. The van der Waals surface area contributed by atoms with Gasteiger partial charge in [-0.3, -0.25) is 0 Å². The minimum absolute atomic E-state index is 0.209. The Labute approximate surface area is 130 Å². The van der Waals surface area contributed by atoms with Crippen LogP contribution in [0.25, 0.3) is 0 Å². The van der Waals surface area contributed by atoms with Crippen LogP contribution in [0.1, 0.15) is 53.4 Å². The molecule has 1 saturated heterocycles. The Morgan fingerprint density at radius 1 is 1.48 bits per heavy atom. The van der Waals surface area contributed by atoms with Gasteiger partial charge in [-0.2, -0.15) is 0 Å². The molecule has 3 heteroatoms. The number of allylic oxidation sites excluding steroid dienone is 2. The number of rotatable bonds is 8. The van der Waals surface area contributed by atoms with Gasteiger partial charge < -0.3 is 14.6 Å². The van der Waals surface area contributed by atoms with Crippen LogP contribution in [0, 0.1) is 11.8 Å². The topological polar surface area (TPSA) is 38.7 Å². The van der Waals surface area contributed by atoms with Crippen molar-refractivity contribution in [2.45, 2.75) is 65.3 Å². The smallest absolute Gasteiger partial charge is 0.163 e. The predicted octanol–water partition coefficient (Wildman–Crippen LogP) is 4.08. The number of hydrogen-bond acceptors (Lipinski definition) is 3. The maximum Gasteiger partial charge on any atom is 0.163 e. The fraction of sp³-hybridized carbons (Fsp3) is 0.778. The molecule has 1 aliphatic rings. The first-order valence-corrected chi connectivity index (χ1v) is 8.15. The van der Waals surface area contributed by atoms with Crippen molar-refractivity contribution in [2.24, 2.45) is 11.8 Å². The van der Waals surface area contributed by atoms with E-state index in [0.29, 0.717) is 18.4 Å². The molecular weight excluding hydrogens is 264 g/mol. The van der Waals surface area contributed by atoms with E-state index in [1.807, 2.05) is 13.8 Å². The van der Waals surface area contributed by atoms with Crippen LogP contribution in [0.15, 0.2) is 24.3 Å². The first kappa shape index (κ1) is 18.4. The van der Waals surface area contributed by atoms with Crippen molar-refractivity contribution >= 4 is 0 Å². The zero-order valence-corrected chi connectivity index (χ0v) is 14.1. The summed E-state index contributed by atoms with van der Waals surface area (Å²) in [7, 11) is 0. The number of ether oxygens (including phenoxy) is 2. The molecule has 122 valence electrons. The standard InChI is InChI=1S/C18H32O3/c1-6-15(3)17-16(13-20-18(4,5)21-17)11-7-9-14(2)10-8-12-19/h7,11,15-17,19H,2,6,8-10,12-13H2,1,3-5H3/b11-7+/t15-,16-,17+/m0/s1. The fourth-order valence-corrected chi connectivity index (χ4v) is 2.62. The zero-order valence-electron chi connectivity index (χ0n) is 14.1. The Balaban J connectivity index is 2.56. The van der Waals surface area contributed by atoms with E-state index < -0.39 is 5.79 Å². The summed E-state index contributed by atoms with van der Waals surface area (Å²) in [5.74, 6) is 0.336. The molecule has 1 N–H and O–H groups in total. The van der Waals surface area contributed by atoms with Crippen molar-refractivity contribution in [1.82, 2.24) is 0 Å². The van der Waals surface area contributed by atoms with Crippen molar-refractivity contribution in [3.63, 3.8) is 0 Å². The second kappa shape index (κ2) is 8.72. The van der Waals surface area contributed by atoms with Crippen LogP contribution in [-0.2, 0) is 9.47 Å². The lowest BCUT2D eigenvalue weighted by Gasteiger charge is -2.42. The van der Waals surface area contributed by atoms with Crippen molar-refractivity contribution in [1.29, 1.82) is 0 Å². The normalized spacial score (nSPS) is 26.9. The van der Waals surface area contributed by atoms with Crippen molar-refractivity contribution in [3.8, 4) is 0 Å². The Morgan fingerprint density at radius 3 is 2.81 bits per heavy atom. The Hall–Kier alpha value is -0.640. The molecule has 0 aromatic rings. The van der Waals surface area contributed by atoms with Gasteiger partial charge in [0.05, 0.1) is 12.7 Å². The summed E-state index contributed by atoms with van der Waals surface area (Å²) in [4.78, 5) is 0. The van der Waals surface area contributed by atoms with E-state index in [1.165, 1.54) is 5.57 Å². The first-order chi connectivity index (χ1) is 9.89. The molecule has 1 heterocycles. The van der Waals surface area contributed by atoms with E-state index in [1.54, 1.807) is 0 Å². The Bertz CT molecular complexity index is 346. The van der Waals surface area contributed by atoms with Gasteiger partial charge in [0.25, 0.3) is 0 Å². The van der Waals surface area contributed by atoms with Crippen LogP contribution in [-0.4, -0.2) is 30.2 Å². The van der Waals surface area contributed by atoms with E-state index in [-0.39, 0.29) is 12.7 Å². The maximum atomic E-state index is 8.82. The lowest BCUT2D eigenvalue weighted by molar-refractivity contribution is -0.295. The molecule has 3 nitrogen and oxygen atoms in total. The van der Waals surface area contributed by atoms with Gasteiger partial charge in [-0.25, -0.2) is 0 Å².